The smallest absolute Gasteiger partial charge is 0.716 e. The summed E-state index contributed by atoms with van der Waals surface area (Å²) in [5.41, 5.74) is 1.22. The van der Waals surface area contributed by atoms with E-state index in [2.05, 4.69) is 67.9 Å². The van der Waals surface area contributed by atoms with E-state index in [0.29, 0.717) is 17.9 Å². The third kappa shape index (κ3) is 5.70. The number of phenolic OH excluding ortho intramolecular Hbond substituents is 1. The van der Waals surface area contributed by atoms with Crippen molar-refractivity contribution in [2.75, 3.05) is 0 Å². The van der Waals surface area contributed by atoms with Crippen molar-refractivity contribution in [3.8, 4) is 11.5 Å². The normalized spacial score (nSPS) is 11.8. The van der Waals surface area contributed by atoms with E-state index < -0.39 is 15.8 Å². The standard InChI is InChI=1S/C15H12Br4O5S.Na/c1-15(2,7-3-9(16)13(20)10(17)4-7)8-5-11(18)14(12(19)6-8)24-25(21,22)23;/h3-6,20H,1-2H3,(H,21,22,23);/q;+1/p-1. The molecule has 0 amide bonds. The minimum Gasteiger partial charge on any atom is -0.716 e. The number of aromatic hydroxyl groups is 1. The van der Waals surface area contributed by atoms with Gasteiger partial charge in [-0.25, -0.2) is 8.42 Å². The Morgan fingerprint density at radius 1 is 0.923 bits per heavy atom. The first kappa shape index (κ1) is 24.9. The van der Waals surface area contributed by atoms with Gasteiger partial charge in [-0.2, -0.15) is 0 Å². The summed E-state index contributed by atoms with van der Waals surface area (Å²) in [4.78, 5) is 0. The molecule has 0 saturated heterocycles. The fourth-order valence-electron chi connectivity index (χ4n) is 2.20. The van der Waals surface area contributed by atoms with E-state index in [4.69, 9.17) is 0 Å². The molecule has 0 aromatic heterocycles. The van der Waals surface area contributed by atoms with Gasteiger partial charge in [0.1, 0.15) is 5.75 Å². The zero-order valence-corrected chi connectivity index (χ0v) is 23.0. The molecule has 136 valence electrons. The van der Waals surface area contributed by atoms with Crippen LogP contribution in [0.5, 0.6) is 11.5 Å². The van der Waals surface area contributed by atoms with Crippen molar-refractivity contribution < 1.29 is 51.8 Å². The van der Waals surface area contributed by atoms with Crippen molar-refractivity contribution in [2.24, 2.45) is 0 Å². The van der Waals surface area contributed by atoms with Crippen LogP contribution in [0, 0.1) is 0 Å². The van der Waals surface area contributed by atoms with Gasteiger partial charge in [-0.15, -0.1) is 0 Å². The van der Waals surface area contributed by atoms with E-state index in [9.17, 15) is 18.1 Å². The Morgan fingerprint density at radius 3 is 1.62 bits per heavy atom. The number of hydrogen-bond acceptors (Lipinski definition) is 5. The Morgan fingerprint density at radius 2 is 1.27 bits per heavy atom. The zero-order chi connectivity index (χ0) is 19.2. The fraction of sp³-hybridized carbons (Fsp3) is 0.200. The second kappa shape index (κ2) is 9.13. The van der Waals surface area contributed by atoms with Crippen LogP contribution in [0.1, 0.15) is 25.0 Å². The molecule has 2 rings (SSSR count). The van der Waals surface area contributed by atoms with Crippen LogP contribution in [0.2, 0.25) is 0 Å². The third-order valence-corrected chi connectivity index (χ3v) is 6.40. The molecule has 0 radical (unpaired) electrons. The van der Waals surface area contributed by atoms with Gasteiger partial charge in [-0.3, -0.25) is 0 Å². The molecule has 0 aliphatic heterocycles. The van der Waals surface area contributed by atoms with Crippen LogP contribution in [0.4, 0.5) is 0 Å². The molecule has 5 nitrogen and oxygen atoms in total. The number of benzene rings is 2. The van der Waals surface area contributed by atoms with Gasteiger partial charge >= 0.3 is 29.6 Å². The predicted octanol–water partition coefficient (Wildman–Crippen LogP) is 2.61. The summed E-state index contributed by atoms with van der Waals surface area (Å²) in [6.45, 7) is 3.94. The van der Waals surface area contributed by atoms with E-state index in [1.54, 1.807) is 24.3 Å². The minimum atomic E-state index is -4.89. The van der Waals surface area contributed by atoms with E-state index in [1.807, 2.05) is 13.8 Å². The van der Waals surface area contributed by atoms with Crippen molar-refractivity contribution in [1.29, 1.82) is 0 Å². The van der Waals surface area contributed by atoms with Gasteiger partial charge < -0.3 is 13.8 Å². The SMILES string of the molecule is CC(C)(c1cc(Br)c(O)c(Br)c1)c1cc(Br)c(OS(=O)(=O)[O-])c(Br)c1.[Na+]. The van der Waals surface area contributed by atoms with Crippen LogP contribution in [0.25, 0.3) is 0 Å². The predicted molar refractivity (Wildman–Crippen MR) is 108 cm³/mol. The monoisotopic (exact) mass is 642 g/mol. The van der Waals surface area contributed by atoms with Crippen LogP contribution in [-0.2, 0) is 15.8 Å². The molecular formula is C15H11Br4NaO5S. The second-order valence-corrected chi connectivity index (χ2v) is 10.1. The van der Waals surface area contributed by atoms with E-state index in [-0.39, 0.29) is 41.1 Å². The number of halogens is 4. The largest absolute Gasteiger partial charge is 1.00 e. The molecule has 0 spiro atoms. The Hall–Kier alpha value is 0.870. The first-order chi connectivity index (χ1) is 11.3. The van der Waals surface area contributed by atoms with Crippen molar-refractivity contribution in [2.45, 2.75) is 19.3 Å². The quantitative estimate of drug-likeness (QED) is 0.314. The maximum absolute atomic E-state index is 10.9. The Balaban J connectivity index is 0.00000338. The average Bonchev–Trinajstić information content (AvgIpc) is 2.46. The van der Waals surface area contributed by atoms with Crippen molar-refractivity contribution >= 4 is 74.1 Å². The molecule has 0 saturated carbocycles. The summed E-state index contributed by atoms with van der Waals surface area (Å²) < 4.78 is 38.8. The molecule has 0 bridgehead atoms. The summed E-state index contributed by atoms with van der Waals surface area (Å²) >= 11 is 13.1. The van der Waals surface area contributed by atoms with Crippen LogP contribution < -0.4 is 33.7 Å². The molecule has 0 fully saturated rings. The molecule has 2 aromatic rings. The molecule has 11 heteroatoms. The molecule has 2 aromatic carbocycles. The van der Waals surface area contributed by atoms with E-state index >= 15 is 0 Å². The molecule has 1 N–H and O–H groups in total. The number of rotatable bonds is 4. The fourth-order valence-corrected chi connectivity index (χ4v) is 5.33. The summed E-state index contributed by atoms with van der Waals surface area (Å²) in [5.74, 6) is -0.00562. The van der Waals surface area contributed by atoms with Gasteiger partial charge in [0.15, 0.2) is 5.75 Å². The summed E-state index contributed by atoms with van der Waals surface area (Å²) in [7, 11) is -4.89. The average molecular weight is 646 g/mol. The Kier molecular flexibility index (Phi) is 8.74. The number of hydrogen-bond donors (Lipinski definition) is 1. The molecular weight excluding hydrogens is 635 g/mol. The van der Waals surface area contributed by atoms with Gasteiger partial charge in [0.2, 0.25) is 0 Å². The molecule has 0 unspecified atom stereocenters. The summed E-state index contributed by atoms with van der Waals surface area (Å²) in [5, 5.41) is 9.89. The first-order valence-electron chi connectivity index (χ1n) is 6.66. The third-order valence-electron chi connectivity index (χ3n) is 3.64. The zero-order valence-electron chi connectivity index (χ0n) is 13.8. The number of phenols is 1. The Labute approximate surface area is 207 Å². The molecule has 0 heterocycles. The van der Waals surface area contributed by atoms with Crippen molar-refractivity contribution in [1.82, 2.24) is 0 Å². The van der Waals surface area contributed by atoms with Crippen LogP contribution in [-0.4, -0.2) is 18.1 Å². The van der Waals surface area contributed by atoms with Gasteiger partial charge in [0.25, 0.3) is 10.4 Å². The molecule has 0 aliphatic rings. The molecule has 0 atom stereocenters. The van der Waals surface area contributed by atoms with Gasteiger partial charge in [0, 0.05) is 5.41 Å². The van der Waals surface area contributed by atoms with Crippen LogP contribution in [0.15, 0.2) is 42.2 Å². The van der Waals surface area contributed by atoms with Gasteiger partial charge in [-0.05, 0) is 99.1 Å². The van der Waals surface area contributed by atoms with Gasteiger partial charge in [-0.1, -0.05) is 13.8 Å². The minimum absolute atomic E-state index is 0. The van der Waals surface area contributed by atoms with E-state index in [0.717, 1.165) is 11.1 Å². The van der Waals surface area contributed by atoms with Crippen molar-refractivity contribution in [3.63, 3.8) is 0 Å². The van der Waals surface area contributed by atoms with Crippen molar-refractivity contribution in [3.05, 3.63) is 53.3 Å². The Bertz CT molecular complexity index is 901. The maximum atomic E-state index is 10.9. The molecule has 0 aliphatic carbocycles. The molecule has 26 heavy (non-hydrogen) atoms. The summed E-state index contributed by atoms with van der Waals surface area (Å²) in [6, 6.07) is 6.96. The first-order valence-corrected chi connectivity index (χ1v) is 11.2. The maximum Gasteiger partial charge on any atom is 1.00 e. The second-order valence-electron chi connectivity index (χ2n) is 5.67. The topological polar surface area (TPSA) is 86.7 Å². The summed E-state index contributed by atoms with van der Waals surface area (Å²) in [6.07, 6.45) is 0. The van der Waals surface area contributed by atoms with Crippen LogP contribution in [0.3, 0.4) is 0 Å². The van der Waals surface area contributed by atoms with E-state index in [1.165, 1.54) is 0 Å². The van der Waals surface area contributed by atoms with Crippen LogP contribution >= 0.6 is 63.7 Å². The van der Waals surface area contributed by atoms with Gasteiger partial charge in [0.05, 0.1) is 17.9 Å².